The van der Waals surface area contributed by atoms with Gasteiger partial charge in [0, 0.05) is 26.3 Å². The monoisotopic (exact) mass is 331 g/mol. The van der Waals surface area contributed by atoms with Crippen molar-refractivity contribution in [2.75, 3.05) is 6.54 Å². The molecule has 0 heterocycles. The Morgan fingerprint density at radius 1 is 0.957 bits per heavy atom. The summed E-state index contributed by atoms with van der Waals surface area (Å²) in [7, 11) is 0. The van der Waals surface area contributed by atoms with E-state index < -0.39 is 24.3 Å². The van der Waals surface area contributed by atoms with E-state index in [0.29, 0.717) is 12.3 Å². The van der Waals surface area contributed by atoms with Gasteiger partial charge in [0.1, 0.15) is 0 Å². The molecule has 0 aromatic rings. The SMILES string of the molecule is CC(C)CC(=O)OC(C)OC(=O)NCC(CC(=O)O)CC(C)C. The molecule has 0 aromatic carbocycles. The normalized spacial score (nSPS) is 13.5. The fourth-order valence-electron chi connectivity index (χ4n) is 2.16. The maximum Gasteiger partial charge on any atom is 0.410 e. The summed E-state index contributed by atoms with van der Waals surface area (Å²) in [4.78, 5) is 33.9. The van der Waals surface area contributed by atoms with Gasteiger partial charge in [0.25, 0.3) is 0 Å². The van der Waals surface area contributed by atoms with Gasteiger partial charge in [-0.05, 0) is 24.2 Å². The number of esters is 1. The standard InChI is InChI=1S/C16H29NO6/c1-10(2)6-13(8-14(18)19)9-17-16(21)23-12(5)22-15(20)7-11(3)4/h10-13H,6-9H2,1-5H3,(H,17,21)(H,18,19). The number of amides is 1. The van der Waals surface area contributed by atoms with E-state index in [9.17, 15) is 14.4 Å². The zero-order valence-corrected chi connectivity index (χ0v) is 14.6. The van der Waals surface area contributed by atoms with E-state index in [1.165, 1.54) is 6.92 Å². The lowest BCUT2D eigenvalue weighted by Crippen LogP contribution is -2.34. The second-order valence-corrected chi connectivity index (χ2v) is 6.54. The zero-order valence-electron chi connectivity index (χ0n) is 14.6. The fourth-order valence-corrected chi connectivity index (χ4v) is 2.16. The summed E-state index contributed by atoms with van der Waals surface area (Å²) in [5.41, 5.74) is 0. The molecule has 1 amide bonds. The minimum Gasteiger partial charge on any atom is -0.481 e. The molecule has 0 rings (SSSR count). The molecule has 0 aliphatic heterocycles. The molecule has 0 saturated carbocycles. The molecule has 0 saturated heterocycles. The minimum absolute atomic E-state index is 0.0165. The lowest BCUT2D eigenvalue weighted by molar-refractivity contribution is -0.165. The topological polar surface area (TPSA) is 102 Å². The number of hydrogen-bond acceptors (Lipinski definition) is 5. The molecular weight excluding hydrogens is 302 g/mol. The smallest absolute Gasteiger partial charge is 0.410 e. The number of carbonyl (C=O) groups excluding carboxylic acids is 2. The third kappa shape index (κ3) is 12.4. The Morgan fingerprint density at radius 2 is 1.57 bits per heavy atom. The minimum atomic E-state index is -0.982. The first kappa shape index (κ1) is 21.2. The Kier molecular flexibility index (Phi) is 10.0. The molecule has 0 aliphatic rings. The van der Waals surface area contributed by atoms with E-state index in [4.69, 9.17) is 14.6 Å². The predicted octanol–water partition coefficient (Wildman–Crippen LogP) is 2.78. The quantitative estimate of drug-likeness (QED) is 0.471. The van der Waals surface area contributed by atoms with Crippen LogP contribution < -0.4 is 5.32 Å². The number of nitrogens with one attached hydrogen (secondary N) is 1. The summed E-state index contributed by atoms with van der Waals surface area (Å²) < 4.78 is 9.87. The maximum atomic E-state index is 11.7. The van der Waals surface area contributed by atoms with E-state index in [0.717, 1.165) is 0 Å². The predicted molar refractivity (Wildman–Crippen MR) is 84.7 cm³/mol. The van der Waals surface area contributed by atoms with Gasteiger partial charge < -0.3 is 19.9 Å². The van der Waals surface area contributed by atoms with Gasteiger partial charge in [-0.3, -0.25) is 9.59 Å². The molecule has 2 atom stereocenters. The van der Waals surface area contributed by atoms with Crippen molar-refractivity contribution in [3.05, 3.63) is 0 Å². The number of hydrogen-bond donors (Lipinski definition) is 2. The summed E-state index contributed by atoms with van der Waals surface area (Å²) in [5, 5.41) is 11.4. The molecule has 0 radical (unpaired) electrons. The Morgan fingerprint density at radius 3 is 2.04 bits per heavy atom. The lowest BCUT2D eigenvalue weighted by Gasteiger charge is -2.19. The number of ether oxygens (including phenoxy) is 2. The number of carboxylic acid groups (broad SMARTS) is 1. The highest BCUT2D eigenvalue weighted by Crippen LogP contribution is 2.15. The van der Waals surface area contributed by atoms with Gasteiger partial charge in [-0.2, -0.15) is 0 Å². The molecule has 2 unspecified atom stereocenters. The van der Waals surface area contributed by atoms with Crippen LogP contribution in [0.4, 0.5) is 4.79 Å². The van der Waals surface area contributed by atoms with E-state index in [2.05, 4.69) is 5.32 Å². The highest BCUT2D eigenvalue weighted by atomic mass is 16.7. The van der Waals surface area contributed by atoms with Gasteiger partial charge in [-0.15, -0.1) is 0 Å². The fraction of sp³-hybridized carbons (Fsp3) is 0.812. The third-order valence-electron chi connectivity index (χ3n) is 2.95. The molecule has 0 fully saturated rings. The van der Waals surface area contributed by atoms with Crippen LogP contribution >= 0.6 is 0 Å². The van der Waals surface area contributed by atoms with Crippen LogP contribution in [0.1, 0.15) is 53.9 Å². The Labute approximate surface area is 137 Å². The number of aliphatic carboxylic acids is 1. The van der Waals surface area contributed by atoms with E-state index in [1.807, 2.05) is 27.7 Å². The first-order valence-electron chi connectivity index (χ1n) is 7.95. The van der Waals surface area contributed by atoms with Crippen LogP contribution in [0.3, 0.4) is 0 Å². The van der Waals surface area contributed by atoms with Crippen molar-refractivity contribution < 1.29 is 29.0 Å². The van der Waals surface area contributed by atoms with Crippen molar-refractivity contribution in [3.8, 4) is 0 Å². The molecule has 0 spiro atoms. The third-order valence-corrected chi connectivity index (χ3v) is 2.95. The van der Waals surface area contributed by atoms with Crippen molar-refractivity contribution in [1.82, 2.24) is 5.32 Å². The lowest BCUT2D eigenvalue weighted by atomic mass is 9.94. The van der Waals surface area contributed by atoms with Crippen molar-refractivity contribution in [3.63, 3.8) is 0 Å². The summed E-state index contributed by atoms with van der Waals surface area (Å²) in [6.07, 6.45) is -0.786. The van der Waals surface area contributed by atoms with Crippen molar-refractivity contribution in [1.29, 1.82) is 0 Å². The van der Waals surface area contributed by atoms with Crippen LogP contribution in [0.25, 0.3) is 0 Å². The van der Waals surface area contributed by atoms with E-state index >= 15 is 0 Å². The zero-order chi connectivity index (χ0) is 18.0. The van der Waals surface area contributed by atoms with E-state index in [-0.39, 0.29) is 31.2 Å². The van der Waals surface area contributed by atoms with Crippen molar-refractivity contribution in [2.45, 2.75) is 60.2 Å². The Bertz CT molecular complexity index is 394. The highest BCUT2D eigenvalue weighted by Gasteiger charge is 2.18. The molecule has 7 heteroatoms. The second kappa shape index (κ2) is 10.9. The maximum absolute atomic E-state index is 11.7. The Balaban J connectivity index is 4.20. The summed E-state index contributed by atoms with van der Waals surface area (Å²) in [6.45, 7) is 9.41. The van der Waals surface area contributed by atoms with Gasteiger partial charge in [0.2, 0.25) is 6.29 Å². The number of alkyl carbamates (subject to hydrolysis) is 1. The van der Waals surface area contributed by atoms with Crippen molar-refractivity contribution >= 4 is 18.0 Å². The van der Waals surface area contributed by atoms with Gasteiger partial charge >= 0.3 is 18.0 Å². The molecule has 0 aliphatic carbocycles. The molecule has 23 heavy (non-hydrogen) atoms. The first-order valence-corrected chi connectivity index (χ1v) is 7.95. The van der Waals surface area contributed by atoms with E-state index in [1.54, 1.807) is 0 Å². The molecule has 0 aromatic heterocycles. The van der Waals surface area contributed by atoms with Crippen LogP contribution in [-0.2, 0) is 19.1 Å². The molecule has 134 valence electrons. The van der Waals surface area contributed by atoms with Crippen molar-refractivity contribution in [2.24, 2.45) is 17.8 Å². The summed E-state index contributed by atoms with van der Waals surface area (Å²) >= 11 is 0. The van der Waals surface area contributed by atoms with Gasteiger partial charge in [-0.25, -0.2) is 4.79 Å². The summed E-state index contributed by atoms with van der Waals surface area (Å²) in [6, 6.07) is 0. The largest absolute Gasteiger partial charge is 0.481 e. The molecule has 2 N–H and O–H groups in total. The van der Waals surface area contributed by atoms with Gasteiger partial charge in [0.15, 0.2) is 0 Å². The molecular formula is C16H29NO6. The number of rotatable bonds is 10. The summed E-state index contributed by atoms with van der Waals surface area (Å²) in [5.74, 6) is -1.01. The van der Waals surface area contributed by atoms with Crippen LogP contribution in [0.5, 0.6) is 0 Å². The molecule has 7 nitrogen and oxygen atoms in total. The average Bonchev–Trinajstić information content (AvgIpc) is 2.32. The first-order chi connectivity index (χ1) is 10.6. The molecule has 0 bridgehead atoms. The van der Waals surface area contributed by atoms with Gasteiger partial charge in [0.05, 0.1) is 0 Å². The highest BCUT2D eigenvalue weighted by molar-refractivity contribution is 5.71. The van der Waals surface area contributed by atoms with Crippen LogP contribution in [0.2, 0.25) is 0 Å². The van der Waals surface area contributed by atoms with Crippen LogP contribution in [-0.4, -0.2) is 36.0 Å². The van der Waals surface area contributed by atoms with Gasteiger partial charge in [-0.1, -0.05) is 27.7 Å². The number of carbonyl (C=O) groups is 3. The van der Waals surface area contributed by atoms with Crippen LogP contribution in [0.15, 0.2) is 0 Å². The van der Waals surface area contributed by atoms with Crippen LogP contribution in [0, 0.1) is 17.8 Å². The Hall–Kier alpha value is -1.79. The number of carboxylic acids is 1. The average molecular weight is 331 g/mol. The second-order valence-electron chi connectivity index (χ2n) is 6.54.